The molecule has 0 spiro atoms. The molecule has 4 heteroatoms. The van der Waals surface area contributed by atoms with E-state index in [0.29, 0.717) is 0 Å². The van der Waals surface area contributed by atoms with Gasteiger partial charge in [0.25, 0.3) is 0 Å². The molecule has 0 heterocycles. The predicted octanol–water partition coefficient (Wildman–Crippen LogP) is 6.48. The zero-order valence-electron chi connectivity index (χ0n) is 13.3. The second-order valence-electron chi connectivity index (χ2n) is 6.11. The molecule has 110 valence electrons. The van der Waals surface area contributed by atoms with E-state index in [2.05, 4.69) is 39.8 Å². The van der Waals surface area contributed by atoms with Gasteiger partial charge in [0.2, 0.25) is 6.69 Å². The van der Waals surface area contributed by atoms with Crippen molar-refractivity contribution in [2.24, 2.45) is 0 Å². The molecule has 0 aliphatic heterocycles. The predicted molar refractivity (Wildman–Crippen MR) is 91.3 cm³/mol. The first-order valence-electron chi connectivity index (χ1n) is 6.95. The number of hydrogen-bond donors (Lipinski definition) is 0. The fourth-order valence-electron chi connectivity index (χ4n) is 2.32. The second-order valence-corrected chi connectivity index (χ2v) is 18.6. The molecule has 0 aromatic carbocycles. The third-order valence-electron chi connectivity index (χ3n) is 3.09. The molecular weight excluding hydrogens is 382 g/mol. The van der Waals surface area contributed by atoms with Gasteiger partial charge in [-0.3, -0.25) is 0 Å². The van der Waals surface area contributed by atoms with Gasteiger partial charge in [0.1, 0.15) is 0 Å². The summed E-state index contributed by atoms with van der Waals surface area (Å²) in [6.07, 6.45) is 7.30. The molecule has 0 saturated carbocycles. The van der Waals surface area contributed by atoms with Crippen molar-refractivity contribution in [2.75, 3.05) is 0 Å². The van der Waals surface area contributed by atoms with Gasteiger partial charge >= 0.3 is 105 Å². The van der Waals surface area contributed by atoms with Gasteiger partial charge in [0, 0.05) is 0 Å². The van der Waals surface area contributed by atoms with Crippen LogP contribution < -0.4 is 0 Å². The van der Waals surface area contributed by atoms with Crippen LogP contribution in [0.4, 0.5) is 0 Å². The molecular formula is C16H24Cl2SiZr. The smallest absolute Gasteiger partial charge is 0.146 e. The van der Waals surface area contributed by atoms with Gasteiger partial charge in [0.05, 0.1) is 0 Å². The van der Waals surface area contributed by atoms with Crippen LogP contribution in [0.3, 0.4) is 0 Å². The molecule has 0 atom stereocenters. The van der Waals surface area contributed by atoms with E-state index in [0.717, 1.165) is 0 Å². The van der Waals surface area contributed by atoms with E-state index >= 15 is 0 Å². The van der Waals surface area contributed by atoms with Gasteiger partial charge in [-0.15, -0.1) is 22.2 Å². The van der Waals surface area contributed by atoms with Crippen LogP contribution in [-0.2, 0) is 23.2 Å². The topological polar surface area (TPSA) is 0 Å². The van der Waals surface area contributed by atoms with Gasteiger partial charge in [-0.1, -0.05) is 0 Å². The molecule has 0 amide bonds. The standard InChI is InChI=1S/2C7H9.C2H6Cl2Si.Zr/c2*1-6-3-4-7(2)5-6;1-5(2,3)4;/h2*5H,3H2,1-2H3;1-2H3;. The van der Waals surface area contributed by atoms with Crippen LogP contribution in [0, 0.1) is 0 Å². The Morgan fingerprint density at radius 1 is 0.850 bits per heavy atom. The quantitative estimate of drug-likeness (QED) is 0.363. The maximum atomic E-state index is 5.43. The normalized spacial score (nSPS) is 18.8. The van der Waals surface area contributed by atoms with Crippen molar-refractivity contribution in [3.05, 3.63) is 41.0 Å². The molecule has 20 heavy (non-hydrogen) atoms. The number of hydrogen-bond acceptors (Lipinski definition) is 0. The van der Waals surface area contributed by atoms with Crippen molar-refractivity contribution in [1.82, 2.24) is 0 Å². The fourth-order valence-corrected chi connectivity index (χ4v) is 6.34. The molecule has 0 aromatic rings. The molecule has 0 aromatic heterocycles. The summed E-state index contributed by atoms with van der Waals surface area (Å²) in [6, 6.07) is 0. The fraction of sp³-hybridized carbons (Fsp3) is 0.500. The Hall–Kier alpha value is 0.640. The average Bonchev–Trinajstić information content (AvgIpc) is 2.68. The largest absolute Gasteiger partial charge is 0.245 e. The van der Waals surface area contributed by atoms with Crippen molar-refractivity contribution < 1.29 is 23.2 Å². The summed E-state index contributed by atoms with van der Waals surface area (Å²) in [5.41, 5.74) is 6.27. The van der Waals surface area contributed by atoms with Crippen LogP contribution in [0.25, 0.3) is 0 Å². The Bertz CT molecular complexity index is 459. The van der Waals surface area contributed by atoms with Crippen molar-refractivity contribution in [2.45, 2.75) is 53.6 Å². The molecule has 0 bridgehead atoms. The Morgan fingerprint density at radius 3 is 1.35 bits per heavy atom. The van der Waals surface area contributed by atoms with Gasteiger partial charge < -0.3 is 0 Å². The molecule has 0 saturated heterocycles. The zero-order chi connectivity index (χ0) is 15.5. The Morgan fingerprint density at radius 2 is 1.15 bits per heavy atom. The van der Waals surface area contributed by atoms with E-state index in [4.69, 9.17) is 22.2 Å². The molecule has 0 radical (unpaired) electrons. The van der Waals surface area contributed by atoms with E-state index in [-0.39, 0.29) is 0 Å². The van der Waals surface area contributed by atoms with Crippen LogP contribution >= 0.6 is 22.2 Å². The third kappa shape index (κ3) is 7.07. The molecule has 0 nitrogen and oxygen atoms in total. The first-order chi connectivity index (χ1) is 9.06. The Balaban J connectivity index is 0.000000347. The van der Waals surface area contributed by atoms with Gasteiger partial charge in [-0.25, -0.2) is 0 Å². The monoisotopic (exact) mass is 404 g/mol. The van der Waals surface area contributed by atoms with E-state index in [1.165, 1.54) is 12.8 Å². The molecule has 0 unspecified atom stereocenters. The van der Waals surface area contributed by atoms with Crippen molar-refractivity contribution >= 4 is 28.9 Å². The minimum absolute atomic E-state index is 0.438. The van der Waals surface area contributed by atoms with Crippen LogP contribution in [0.5, 0.6) is 0 Å². The van der Waals surface area contributed by atoms with Crippen LogP contribution in [0.15, 0.2) is 41.0 Å². The van der Waals surface area contributed by atoms with E-state index < -0.39 is 29.9 Å². The van der Waals surface area contributed by atoms with Gasteiger partial charge in [-0.05, 0) is 13.1 Å². The first-order valence-corrected chi connectivity index (χ1v) is 14.4. The van der Waals surface area contributed by atoms with Crippen molar-refractivity contribution in [1.29, 1.82) is 0 Å². The van der Waals surface area contributed by atoms with Gasteiger partial charge in [-0.2, -0.15) is 0 Å². The minimum atomic E-state index is -1.67. The van der Waals surface area contributed by atoms with Crippen LogP contribution in [-0.4, -0.2) is 6.69 Å². The minimum Gasteiger partial charge on any atom is -0.146 e. The van der Waals surface area contributed by atoms with Crippen molar-refractivity contribution in [3.63, 3.8) is 0 Å². The van der Waals surface area contributed by atoms with Gasteiger partial charge in [0.15, 0.2) is 0 Å². The molecule has 2 rings (SSSR count). The number of rotatable bonds is 2. The summed E-state index contributed by atoms with van der Waals surface area (Å²) in [5.74, 6) is 0. The summed E-state index contributed by atoms with van der Waals surface area (Å²) in [5, 5.41) is 0. The maximum Gasteiger partial charge on any atom is 0.245 e. The van der Waals surface area contributed by atoms with Crippen LogP contribution in [0.1, 0.15) is 40.5 Å². The second kappa shape index (κ2) is 7.77. The van der Waals surface area contributed by atoms with Crippen LogP contribution in [0.2, 0.25) is 13.1 Å². The first kappa shape index (κ1) is 18.7. The van der Waals surface area contributed by atoms with Crippen molar-refractivity contribution in [3.8, 4) is 0 Å². The average molecular weight is 407 g/mol. The Labute approximate surface area is 146 Å². The third-order valence-corrected chi connectivity index (χ3v) is 7.38. The summed E-state index contributed by atoms with van der Waals surface area (Å²) in [6.45, 7) is 11.1. The number of halogens is 2. The van der Waals surface area contributed by atoms with E-state index in [1.807, 2.05) is 13.1 Å². The summed E-state index contributed by atoms with van der Waals surface area (Å²) in [7, 11) is 0. The molecule has 0 N–H and O–H groups in total. The molecule has 2 aliphatic carbocycles. The van der Waals surface area contributed by atoms with E-state index in [9.17, 15) is 0 Å². The summed E-state index contributed by atoms with van der Waals surface area (Å²) >= 11 is 10.4. The summed E-state index contributed by atoms with van der Waals surface area (Å²) in [4.78, 5) is 0. The molecule has 2 aliphatic rings. The SMILES string of the molecule is CC1=CC(C)=[C]([Zr][C]2=C(C)C=C(C)C2)C1.C[Si](C)(Cl)Cl. The summed E-state index contributed by atoms with van der Waals surface area (Å²) < 4.78 is 3.60. The zero-order valence-corrected chi connectivity index (χ0v) is 18.3. The number of allylic oxidation sites excluding steroid dienone is 8. The Kier molecular flexibility index (Phi) is 7.26. The molecule has 0 fully saturated rings. The maximum absolute atomic E-state index is 5.43. The van der Waals surface area contributed by atoms with E-state index in [1.54, 1.807) is 28.9 Å².